The van der Waals surface area contributed by atoms with Gasteiger partial charge in [0.1, 0.15) is 11.5 Å². The van der Waals surface area contributed by atoms with Crippen LogP contribution in [0.15, 0.2) is 91.0 Å². The smallest absolute Gasteiger partial charge is 0.249 e. The molecule has 1 unspecified atom stereocenters. The number of aliphatic hydroxyl groups excluding tert-OH is 2. The fraction of sp³-hybridized carbons (Fsp3) is 0.469. The Morgan fingerprint density at radius 3 is 2.40 bits per heavy atom. The fourth-order valence-electron chi connectivity index (χ4n) is 10.1. The van der Waals surface area contributed by atoms with Crippen molar-refractivity contribution in [3.8, 4) is 11.5 Å². The van der Waals surface area contributed by atoms with E-state index in [9.17, 15) is 19.8 Å². The highest BCUT2D eigenvalue weighted by Gasteiger charge is 2.51. The van der Waals surface area contributed by atoms with Crippen LogP contribution in [0.2, 0.25) is 18.6 Å². The number of benzene rings is 4. The summed E-state index contributed by atoms with van der Waals surface area (Å²) in [6.45, 7) is 10.8. The number of hydrogen-bond donors (Lipinski definition) is 3. The van der Waals surface area contributed by atoms with E-state index < -0.39 is 14.1 Å². The number of amides is 2. The summed E-state index contributed by atoms with van der Waals surface area (Å²) in [4.78, 5) is 32.3. The first-order valence-electron chi connectivity index (χ1n) is 21.9. The molecule has 0 bridgehead atoms. The standard InChI is InChI=1S/C49H63N3O7Si/c1-6-58-41-19-22-44-37(28-41)29-43(50-24-9-10-25-53)49(56)52(44)38-15-11-12-34(26-38)16-23-45-33(2)48(60(4,5)42-20-17-40(57-3)18-21-42)46(59-45)30-47(55)51-31-36-14-8-7-13-35(36)27-39(51)32-54/h7-8,11-15,17-22,26,28,33,39,43,45-46,48,50,53-54H,6,9-10,16,23-25,27,29-32H2,1-5H3/t33-,39-,43?,45+,46-,48+/m0/s1. The van der Waals surface area contributed by atoms with Crippen LogP contribution in [-0.2, 0) is 40.1 Å². The van der Waals surface area contributed by atoms with Crippen LogP contribution in [0.5, 0.6) is 11.5 Å². The summed E-state index contributed by atoms with van der Waals surface area (Å²) >= 11 is 0. The molecule has 2 amide bonds. The van der Waals surface area contributed by atoms with Gasteiger partial charge >= 0.3 is 0 Å². The minimum Gasteiger partial charge on any atom is -0.497 e. The molecule has 60 heavy (non-hydrogen) atoms. The molecule has 0 spiro atoms. The Morgan fingerprint density at radius 2 is 1.67 bits per heavy atom. The summed E-state index contributed by atoms with van der Waals surface area (Å²) in [5.41, 5.74) is 6.34. The van der Waals surface area contributed by atoms with Crippen LogP contribution < -0.4 is 24.9 Å². The van der Waals surface area contributed by atoms with Crippen LogP contribution in [0.3, 0.4) is 0 Å². The van der Waals surface area contributed by atoms with E-state index in [-0.39, 0.29) is 61.2 Å². The van der Waals surface area contributed by atoms with Gasteiger partial charge in [0.05, 0.1) is 64.8 Å². The lowest BCUT2D eigenvalue weighted by molar-refractivity contribution is -0.138. The zero-order valence-corrected chi connectivity index (χ0v) is 36.9. The number of carbonyl (C=O) groups is 2. The number of unbranched alkanes of at least 4 members (excludes halogenated alkanes) is 1. The van der Waals surface area contributed by atoms with Gasteiger partial charge in [0, 0.05) is 18.8 Å². The number of anilines is 2. The number of hydrogen-bond acceptors (Lipinski definition) is 8. The third-order valence-electron chi connectivity index (χ3n) is 13.2. The van der Waals surface area contributed by atoms with Crippen molar-refractivity contribution in [1.29, 1.82) is 0 Å². The zero-order valence-electron chi connectivity index (χ0n) is 35.9. The molecule has 4 aromatic carbocycles. The molecule has 11 heteroatoms. The van der Waals surface area contributed by atoms with Gasteiger partial charge in [-0.05, 0) is 128 Å². The fourth-order valence-corrected chi connectivity index (χ4v) is 14.1. The maximum atomic E-state index is 14.4. The quantitative estimate of drug-likeness (QED) is 0.0795. The highest BCUT2D eigenvalue weighted by atomic mass is 28.3. The van der Waals surface area contributed by atoms with E-state index in [1.54, 1.807) is 7.11 Å². The van der Waals surface area contributed by atoms with E-state index >= 15 is 0 Å². The van der Waals surface area contributed by atoms with E-state index in [0.717, 1.165) is 58.8 Å². The number of nitrogens with zero attached hydrogens (tertiary/aromatic N) is 2. The number of rotatable bonds is 17. The van der Waals surface area contributed by atoms with Gasteiger partial charge in [-0.2, -0.15) is 0 Å². The molecule has 3 aliphatic heterocycles. The van der Waals surface area contributed by atoms with Crippen LogP contribution >= 0.6 is 0 Å². The van der Waals surface area contributed by atoms with Crippen molar-refractivity contribution in [1.82, 2.24) is 10.2 Å². The Balaban J connectivity index is 1.12. The molecule has 0 radical (unpaired) electrons. The third-order valence-corrected chi connectivity index (χ3v) is 17.6. The number of ether oxygens (including phenoxy) is 3. The van der Waals surface area contributed by atoms with Gasteiger partial charge in [-0.1, -0.05) is 73.7 Å². The highest BCUT2D eigenvalue weighted by molar-refractivity contribution is 6.91. The largest absolute Gasteiger partial charge is 0.497 e. The summed E-state index contributed by atoms with van der Waals surface area (Å²) in [5.74, 6) is 1.83. The monoisotopic (exact) mass is 833 g/mol. The second-order valence-electron chi connectivity index (χ2n) is 17.3. The molecular weight excluding hydrogens is 771 g/mol. The van der Waals surface area contributed by atoms with E-state index in [2.05, 4.69) is 61.7 Å². The van der Waals surface area contributed by atoms with Gasteiger partial charge in [0.25, 0.3) is 0 Å². The van der Waals surface area contributed by atoms with Crippen molar-refractivity contribution in [3.05, 3.63) is 113 Å². The normalized spacial score (nSPS) is 22.7. The molecule has 3 heterocycles. The molecular formula is C49H63N3O7Si. The van der Waals surface area contributed by atoms with E-state index in [1.807, 2.05) is 71.3 Å². The number of carbonyl (C=O) groups excluding carboxylic acids is 2. The number of nitrogens with one attached hydrogen (secondary N) is 1. The van der Waals surface area contributed by atoms with Gasteiger partial charge in [-0.25, -0.2) is 0 Å². The number of aryl methyl sites for hydroxylation is 1. The molecule has 3 N–H and O–H groups in total. The van der Waals surface area contributed by atoms with E-state index in [0.29, 0.717) is 39.0 Å². The van der Waals surface area contributed by atoms with E-state index in [1.165, 1.54) is 10.8 Å². The molecule has 4 aromatic rings. The lowest BCUT2D eigenvalue weighted by atomic mass is 9.92. The predicted molar refractivity (Wildman–Crippen MR) is 239 cm³/mol. The van der Waals surface area contributed by atoms with Crippen molar-refractivity contribution in [2.45, 2.75) is 108 Å². The van der Waals surface area contributed by atoms with Crippen molar-refractivity contribution in [2.75, 3.05) is 38.4 Å². The minimum atomic E-state index is -2.23. The van der Waals surface area contributed by atoms with Crippen molar-refractivity contribution < 1.29 is 34.0 Å². The van der Waals surface area contributed by atoms with Crippen molar-refractivity contribution >= 4 is 36.4 Å². The third kappa shape index (κ3) is 9.35. The van der Waals surface area contributed by atoms with Gasteiger partial charge < -0.3 is 34.6 Å². The molecule has 6 atom stereocenters. The summed E-state index contributed by atoms with van der Waals surface area (Å²) in [5, 5.41) is 24.5. The van der Waals surface area contributed by atoms with Gasteiger partial charge in [0.2, 0.25) is 11.8 Å². The summed E-state index contributed by atoms with van der Waals surface area (Å²) < 4.78 is 18.4. The Bertz CT molecular complexity index is 2090. The van der Waals surface area contributed by atoms with Gasteiger partial charge in [-0.15, -0.1) is 0 Å². The van der Waals surface area contributed by atoms with Crippen LogP contribution in [-0.4, -0.2) is 92.8 Å². The Kier molecular flexibility index (Phi) is 14.1. The lowest BCUT2D eigenvalue weighted by Gasteiger charge is -2.39. The van der Waals surface area contributed by atoms with Gasteiger partial charge in [-0.3, -0.25) is 14.5 Å². The SMILES string of the molecule is CCOc1ccc2c(c1)CC(NCCCCO)C(=O)N2c1cccc(CC[C@H]2O[C@@H](CC(=O)N3Cc4ccccc4C[C@H]3CO)[C@H]([Si](C)(C)c3ccc(OC)cc3)[C@H]2C)c1. The average Bonchev–Trinajstić information content (AvgIpc) is 3.58. The molecule has 3 aliphatic rings. The first kappa shape index (κ1) is 43.6. The molecule has 10 nitrogen and oxygen atoms in total. The first-order valence-corrected chi connectivity index (χ1v) is 24.9. The second kappa shape index (κ2) is 19.5. The average molecular weight is 834 g/mol. The van der Waals surface area contributed by atoms with Crippen LogP contribution in [0.1, 0.15) is 61.8 Å². The zero-order chi connectivity index (χ0) is 42.4. The van der Waals surface area contributed by atoms with Crippen LogP contribution in [0, 0.1) is 5.92 Å². The Hall–Kier alpha value is -4.52. The number of aliphatic hydroxyl groups is 2. The van der Waals surface area contributed by atoms with Crippen molar-refractivity contribution in [3.63, 3.8) is 0 Å². The van der Waals surface area contributed by atoms with E-state index in [4.69, 9.17) is 14.2 Å². The number of methoxy groups -OCH3 is 1. The van der Waals surface area contributed by atoms with Crippen molar-refractivity contribution in [2.24, 2.45) is 5.92 Å². The van der Waals surface area contributed by atoms with Gasteiger partial charge in [0.15, 0.2) is 0 Å². The maximum absolute atomic E-state index is 14.4. The molecule has 1 saturated heterocycles. The topological polar surface area (TPSA) is 121 Å². The predicted octanol–water partition coefficient (Wildman–Crippen LogP) is 6.70. The molecule has 0 aromatic heterocycles. The molecule has 1 fully saturated rings. The summed E-state index contributed by atoms with van der Waals surface area (Å²) in [7, 11) is -0.550. The van der Waals surface area contributed by atoms with Crippen LogP contribution in [0.25, 0.3) is 0 Å². The number of fused-ring (bicyclic) bond motifs is 2. The molecule has 320 valence electrons. The Morgan fingerprint density at radius 1 is 0.900 bits per heavy atom. The maximum Gasteiger partial charge on any atom is 0.249 e. The lowest BCUT2D eigenvalue weighted by Crippen LogP contribution is -2.52. The first-order chi connectivity index (χ1) is 29.1. The molecule has 0 aliphatic carbocycles. The van der Waals surface area contributed by atoms with Crippen LogP contribution in [0.4, 0.5) is 11.4 Å². The minimum absolute atomic E-state index is 0.00209. The second-order valence-corrected chi connectivity index (χ2v) is 22.0. The Labute approximate surface area is 356 Å². The summed E-state index contributed by atoms with van der Waals surface area (Å²) in [6.07, 6.45) is 4.12. The molecule has 0 saturated carbocycles. The summed E-state index contributed by atoms with van der Waals surface area (Å²) in [6, 6.07) is 30.2. The highest BCUT2D eigenvalue weighted by Crippen LogP contribution is 2.47. The molecule has 7 rings (SSSR count).